The number of hydrogen-bond acceptors (Lipinski definition) is 1. The van der Waals surface area contributed by atoms with Crippen LogP contribution in [0.1, 0.15) is 70.2 Å². The first-order chi connectivity index (χ1) is 12.4. The lowest BCUT2D eigenvalue weighted by atomic mass is 9.73. The first-order valence-corrected chi connectivity index (χ1v) is 9.85. The summed E-state index contributed by atoms with van der Waals surface area (Å²) >= 11 is 0. The van der Waals surface area contributed by atoms with Crippen LogP contribution < -0.4 is 0 Å². The van der Waals surface area contributed by atoms with E-state index >= 15 is 0 Å². The van der Waals surface area contributed by atoms with Crippen molar-refractivity contribution >= 4 is 11.9 Å². The average Bonchev–Trinajstić information content (AvgIpc) is 3.13. The van der Waals surface area contributed by atoms with Gasteiger partial charge in [0.25, 0.3) is 0 Å². The Bertz CT molecular complexity index is 941. The second kappa shape index (κ2) is 6.47. The van der Waals surface area contributed by atoms with Crippen molar-refractivity contribution in [1.82, 2.24) is 9.55 Å². The molecule has 3 nitrogen and oxygen atoms in total. The molecule has 0 aliphatic carbocycles. The predicted molar refractivity (Wildman–Crippen MR) is 116 cm³/mol. The maximum absolute atomic E-state index is 4.41. The molecule has 3 rings (SSSR count). The third-order valence-electron chi connectivity index (χ3n) is 5.59. The molecule has 0 spiro atoms. The van der Waals surface area contributed by atoms with Crippen LogP contribution in [0.5, 0.6) is 0 Å². The second-order valence-electron chi connectivity index (χ2n) is 9.86. The average molecular weight is 365 g/mol. The van der Waals surface area contributed by atoms with Crippen molar-refractivity contribution in [2.45, 2.75) is 65.7 Å². The van der Waals surface area contributed by atoms with Crippen molar-refractivity contribution < 1.29 is 4.58 Å². The zero-order valence-electron chi connectivity index (χ0n) is 18.4. The number of hydrogen-bond donors (Lipinski definition) is 0. The molecule has 0 radical (unpaired) electrons. The van der Waals surface area contributed by atoms with Crippen molar-refractivity contribution in [2.24, 2.45) is 7.05 Å². The van der Waals surface area contributed by atoms with Crippen molar-refractivity contribution in [2.75, 3.05) is 7.05 Å². The highest BCUT2D eigenvalue weighted by Crippen LogP contribution is 2.44. The Balaban J connectivity index is 2.47. The smallest absolute Gasteiger partial charge is 0.209 e. The first-order valence-electron chi connectivity index (χ1n) is 9.85. The number of rotatable bonds is 2. The molecule has 0 saturated carbocycles. The van der Waals surface area contributed by atoms with Gasteiger partial charge in [0.05, 0.1) is 23.8 Å². The lowest BCUT2D eigenvalue weighted by Gasteiger charge is -2.31. The topological polar surface area (TPSA) is 20.8 Å². The zero-order chi connectivity index (χ0) is 20.1. The standard InChI is InChI=1S/C24H34N3/c1-16-21(19-11-10-12-26(19)8)17(23(2,3)4)13-18(24(5,6)7)22(16)20-14-25-15-27(20)9/h11-15H,10H2,1-9H3/q+1. The molecule has 0 bridgehead atoms. The van der Waals surface area contributed by atoms with Gasteiger partial charge in [-0.1, -0.05) is 47.6 Å². The Morgan fingerprint density at radius 2 is 1.59 bits per heavy atom. The summed E-state index contributed by atoms with van der Waals surface area (Å²) in [7, 11) is 4.24. The van der Waals surface area contributed by atoms with Gasteiger partial charge in [-0.05, 0) is 40.5 Å². The Labute approximate surface area is 164 Å². The van der Waals surface area contributed by atoms with E-state index in [1.807, 2.05) is 12.5 Å². The lowest BCUT2D eigenvalue weighted by molar-refractivity contribution is -0.387. The number of nitrogens with zero attached hydrogens (tertiary/aromatic N) is 3. The highest BCUT2D eigenvalue weighted by Gasteiger charge is 2.33. The highest BCUT2D eigenvalue weighted by molar-refractivity contribution is 5.82. The maximum Gasteiger partial charge on any atom is 0.209 e. The van der Waals surface area contributed by atoms with E-state index in [0.29, 0.717) is 0 Å². The molecular formula is C24H34N3+. The van der Waals surface area contributed by atoms with Gasteiger partial charge in [0.15, 0.2) is 0 Å². The summed E-state index contributed by atoms with van der Waals surface area (Å²) < 4.78 is 4.42. The molecule has 1 aromatic heterocycles. The van der Waals surface area contributed by atoms with Crippen molar-refractivity contribution in [1.29, 1.82) is 0 Å². The molecule has 27 heavy (non-hydrogen) atoms. The third kappa shape index (κ3) is 3.40. The van der Waals surface area contributed by atoms with E-state index in [1.165, 1.54) is 39.2 Å². The first kappa shape index (κ1) is 19.6. The zero-order valence-corrected chi connectivity index (χ0v) is 18.4. The summed E-state index contributed by atoms with van der Waals surface area (Å²) in [5.74, 6) is 0. The molecular weight excluding hydrogens is 330 g/mol. The quantitative estimate of drug-likeness (QED) is 0.649. The number of allylic oxidation sites excluding steroid dienone is 1. The fourth-order valence-electron chi connectivity index (χ4n) is 4.10. The molecule has 1 aliphatic rings. The van der Waals surface area contributed by atoms with Gasteiger partial charge in [0, 0.05) is 19.0 Å². The van der Waals surface area contributed by atoms with E-state index in [9.17, 15) is 0 Å². The SMILES string of the molecule is Cc1c(C2=CCC=[N+]2C)c(C(C)(C)C)cc(C(C)(C)C)c1-c1cncn1C. The molecule has 0 saturated heterocycles. The summed E-state index contributed by atoms with van der Waals surface area (Å²) in [6.45, 7) is 16.2. The maximum atomic E-state index is 4.41. The Morgan fingerprint density at radius 1 is 1.00 bits per heavy atom. The van der Waals surface area contributed by atoms with E-state index in [2.05, 4.69) is 95.0 Å². The number of aryl methyl sites for hydroxylation is 1. The Hall–Kier alpha value is -2.16. The third-order valence-corrected chi connectivity index (χ3v) is 5.59. The summed E-state index contributed by atoms with van der Waals surface area (Å²) in [5.41, 5.74) is 9.48. The van der Waals surface area contributed by atoms with Crippen LogP contribution in [-0.4, -0.2) is 27.4 Å². The minimum atomic E-state index is 0.0466. The fourth-order valence-corrected chi connectivity index (χ4v) is 4.10. The van der Waals surface area contributed by atoms with Gasteiger partial charge < -0.3 is 4.57 Å². The lowest BCUT2D eigenvalue weighted by Crippen LogP contribution is -2.22. The van der Waals surface area contributed by atoms with Gasteiger partial charge in [0.1, 0.15) is 13.3 Å². The molecule has 0 N–H and O–H groups in total. The second-order valence-corrected chi connectivity index (χ2v) is 9.86. The normalized spacial score (nSPS) is 15.1. The van der Waals surface area contributed by atoms with Crippen LogP contribution in [0.3, 0.4) is 0 Å². The number of imidazole rings is 1. The van der Waals surface area contributed by atoms with Gasteiger partial charge in [-0.3, -0.25) is 0 Å². The predicted octanol–water partition coefficient (Wildman–Crippen LogP) is 5.45. The number of aromatic nitrogens is 2. The molecule has 2 heterocycles. The van der Waals surface area contributed by atoms with Crippen molar-refractivity contribution in [3.63, 3.8) is 0 Å². The molecule has 3 heteroatoms. The molecule has 0 atom stereocenters. The van der Waals surface area contributed by atoms with E-state index in [4.69, 9.17) is 0 Å². The fraction of sp³-hybridized carbons (Fsp3) is 0.500. The molecule has 0 unspecified atom stereocenters. The van der Waals surface area contributed by atoms with E-state index < -0.39 is 0 Å². The molecule has 1 aromatic carbocycles. The van der Waals surface area contributed by atoms with E-state index in [-0.39, 0.29) is 10.8 Å². The van der Waals surface area contributed by atoms with Crippen LogP contribution in [0.2, 0.25) is 0 Å². The van der Waals surface area contributed by atoms with E-state index in [0.717, 1.165) is 6.42 Å². The van der Waals surface area contributed by atoms with Gasteiger partial charge in [-0.2, -0.15) is 0 Å². The molecule has 1 aliphatic heterocycles. The largest absolute Gasteiger partial charge is 0.334 e. The molecule has 0 amide bonds. The monoisotopic (exact) mass is 364 g/mol. The van der Waals surface area contributed by atoms with Gasteiger partial charge in [-0.25, -0.2) is 9.56 Å². The highest BCUT2D eigenvalue weighted by atomic mass is 15.0. The molecule has 2 aromatic rings. The Kier molecular flexibility index (Phi) is 4.70. The number of benzene rings is 1. The van der Waals surface area contributed by atoms with Crippen LogP contribution in [0.4, 0.5) is 0 Å². The summed E-state index contributed by atoms with van der Waals surface area (Å²) in [5, 5.41) is 0. The summed E-state index contributed by atoms with van der Waals surface area (Å²) in [6, 6.07) is 2.46. The summed E-state index contributed by atoms with van der Waals surface area (Å²) in [4.78, 5) is 4.41. The van der Waals surface area contributed by atoms with Gasteiger partial charge >= 0.3 is 0 Å². The molecule has 0 fully saturated rings. The minimum absolute atomic E-state index is 0.0466. The van der Waals surface area contributed by atoms with Crippen LogP contribution in [-0.2, 0) is 17.9 Å². The van der Waals surface area contributed by atoms with Crippen LogP contribution >= 0.6 is 0 Å². The van der Waals surface area contributed by atoms with E-state index in [1.54, 1.807) is 0 Å². The van der Waals surface area contributed by atoms with Gasteiger partial charge in [0.2, 0.25) is 5.70 Å². The minimum Gasteiger partial charge on any atom is -0.334 e. The van der Waals surface area contributed by atoms with Crippen molar-refractivity contribution in [3.05, 3.63) is 46.9 Å². The summed E-state index contributed by atoms with van der Waals surface area (Å²) in [6.07, 6.45) is 9.49. The Morgan fingerprint density at radius 3 is 2.04 bits per heavy atom. The van der Waals surface area contributed by atoms with Crippen LogP contribution in [0, 0.1) is 6.92 Å². The van der Waals surface area contributed by atoms with Crippen molar-refractivity contribution in [3.8, 4) is 11.3 Å². The van der Waals surface area contributed by atoms with Crippen LogP contribution in [0.25, 0.3) is 17.0 Å². The molecule has 144 valence electrons. The van der Waals surface area contributed by atoms with Crippen LogP contribution in [0.15, 0.2) is 24.7 Å². The van der Waals surface area contributed by atoms with Gasteiger partial charge in [-0.15, -0.1) is 0 Å².